The normalized spacial score (nSPS) is 15.7. The number of hydrogen-bond acceptors (Lipinski definition) is 2. The molecule has 13 heavy (non-hydrogen) atoms. The summed E-state index contributed by atoms with van der Waals surface area (Å²) in [4.78, 5) is 0. The molecule has 1 aromatic carbocycles. The lowest BCUT2D eigenvalue weighted by atomic mass is 10.4. The van der Waals surface area contributed by atoms with Gasteiger partial charge in [-0.25, -0.2) is 0 Å². The zero-order valence-electron chi connectivity index (χ0n) is 8.23. The molecule has 1 rings (SSSR count). The molecule has 1 atom stereocenters. The quantitative estimate of drug-likeness (QED) is 0.718. The Morgan fingerprint density at radius 1 is 1.23 bits per heavy atom. The van der Waals surface area contributed by atoms with Crippen molar-refractivity contribution in [2.24, 2.45) is 0 Å². The van der Waals surface area contributed by atoms with Gasteiger partial charge in [0.15, 0.2) is 6.34 Å². The highest BCUT2D eigenvalue weighted by Gasteiger charge is 2.27. The zero-order chi connectivity index (χ0) is 9.90. The molecule has 0 saturated heterocycles. The Morgan fingerprint density at radius 3 is 2.15 bits per heavy atom. The van der Waals surface area contributed by atoms with Gasteiger partial charge in [-0.2, -0.15) is 0 Å². The molecule has 72 valence electrons. The molecular weight excluding hydrogens is 199 g/mol. The van der Waals surface area contributed by atoms with Crippen molar-refractivity contribution in [1.82, 2.24) is 0 Å². The van der Waals surface area contributed by atoms with Crippen molar-refractivity contribution in [2.45, 2.75) is 19.5 Å². The van der Waals surface area contributed by atoms with E-state index in [0.717, 1.165) is 5.30 Å². The van der Waals surface area contributed by atoms with Crippen LogP contribution in [0.3, 0.4) is 0 Å². The number of benzene rings is 1. The predicted molar refractivity (Wildman–Crippen MR) is 62.3 cm³/mol. The molecule has 3 heteroatoms. The SMILES string of the molecule is CSP(=O)(c1ccccc1)C(C)C. The second-order valence-corrected chi connectivity index (χ2v) is 9.04. The monoisotopic (exact) mass is 214 g/mol. The molecule has 0 heterocycles. The average molecular weight is 214 g/mol. The fourth-order valence-corrected chi connectivity index (χ4v) is 5.33. The molecule has 0 amide bonds. The van der Waals surface area contributed by atoms with Crippen LogP contribution in [0.4, 0.5) is 0 Å². The van der Waals surface area contributed by atoms with Crippen LogP contribution >= 0.6 is 17.7 Å². The molecule has 0 aliphatic carbocycles. The predicted octanol–water partition coefficient (Wildman–Crippen LogP) is 3.36. The minimum atomic E-state index is -2.21. The van der Waals surface area contributed by atoms with Crippen molar-refractivity contribution >= 4 is 23.0 Å². The van der Waals surface area contributed by atoms with Gasteiger partial charge in [0.2, 0.25) is 0 Å². The van der Waals surface area contributed by atoms with Gasteiger partial charge >= 0.3 is 0 Å². The summed E-state index contributed by atoms with van der Waals surface area (Å²) in [5, 5.41) is 0.984. The highest BCUT2D eigenvalue weighted by molar-refractivity contribution is 8.60. The summed E-state index contributed by atoms with van der Waals surface area (Å²) in [6, 6.07) is 9.75. The van der Waals surface area contributed by atoms with E-state index in [9.17, 15) is 4.57 Å². The van der Waals surface area contributed by atoms with Crippen molar-refractivity contribution in [2.75, 3.05) is 6.26 Å². The van der Waals surface area contributed by atoms with E-state index in [2.05, 4.69) is 0 Å². The van der Waals surface area contributed by atoms with Crippen molar-refractivity contribution < 1.29 is 4.57 Å². The van der Waals surface area contributed by atoms with Gasteiger partial charge in [-0.15, -0.1) is 0 Å². The van der Waals surface area contributed by atoms with Gasteiger partial charge in [0.1, 0.15) is 0 Å². The molecular formula is C10H15OPS. The Balaban J connectivity index is 3.12. The van der Waals surface area contributed by atoms with Crippen LogP contribution in [0.25, 0.3) is 0 Å². The lowest BCUT2D eigenvalue weighted by molar-refractivity contribution is 0.585. The van der Waals surface area contributed by atoms with E-state index >= 15 is 0 Å². The van der Waals surface area contributed by atoms with Gasteiger partial charge in [-0.3, -0.25) is 0 Å². The lowest BCUT2D eigenvalue weighted by Crippen LogP contribution is -2.08. The standard InChI is InChI=1S/C10H15OPS/c1-9(2)12(11,13-3)10-7-5-4-6-8-10/h4-9H,1-3H3. The summed E-state index contributed by atoms with van der Waals surface area (Å²) < 4.78 is 12.4. The van der Waals surface area contributed by atoms with Crippen molar-refractivity contribution in [3.63, 3.8) is 0 Å². The first-order chi connectivity index (χ1) is 6.11. The molecule has 0 fully saturated rings. The third kappa shape index (κ3) is 2.18. The molecule has 1 aromatic rings. The minimum absolute atomic E-state index is 0.213. The molecule has 0 spiro atoms. The first-order valence-corrected chi connectivity index (χ1v) is 7.93. The summed E-state index contributed by atoms with van der Waals surface area (Å²) in [6.45, 7) is 4.04. The maximum absolute atomic E-state index is 12.4. The summed E-state index contributed by atoms with van der Waals surface area (Å²) >= 11 is 1.49. The third-order valence-corrected chi connectivity index (χ3v) is 8.51. The summed E-state index contributed by atoms with van der Waals surface area (Å²) in [6.07, 6.45) is -0.284. The highest BCUT2D eigenvalue weighted by Crippen LogP contribution is 2.59. The van der Waals surface area contributed by atoms with Gasteiger partial charge in [-0.05, 0) is 6.26 Å². The fourth-order valence-electron chi connectivity index (χ4n) is 1.25. The smallest absolute Gasteiger partial charge is 0.169 e. The molecule has 0 bridgehead atoms. The molecule has 0 aliphatic rings. The number of rotatable bonds is 3. The van der Waals surface area contributed by atoms with Gasteiger partial charge < -0.3 is 4.57 Å². The summed E-state index contributed by atoms with van der Waals surface area (Å²) in [7, 11) is 0. The van der Waals surface area contributed by atoms with Crippen molar-refractivity contribution in [3.05, 3.63) is 30.3 Å². The van der Waals surface area contributed by atoms with Crippen molar-refractivity contribution in [1.29, 1.82) is 0 Å². The third-order valence-electron chi connectivity index (χ3n) is 2.07. The fraction of sp³-hybridized carbons (Fsp3) is 0.400. The highest BCUT2D eigenvalue weighted by atomic mass is 32.7. The second-order valence-electron chi connectivity index (χ2n) is 3.21. The van der Waals surface area contributed by atoms with Crippen LogP contribution in [0.15, 0.2) is 30.3 Å². The van der Waals surface area contributed by atoms with E-state index in [4.69, 9.17) is 0 Å². The van der Waals surface area contributed by atoms with Crippen LogP contribution in [-0.2, 0) is 4.57 Å². The van der Waals surface area contributed by atoms with Crippen LogP contribution in [0.5, 0.6) is 0 Å². The van der Waals surface area contributed by atoms with E-state index in [1.165, 1.54) is 11.4 Å². The Morgan fingerprint density at radius 2 is 1.77 bits per heavy atom. The van der Waals surface area contributed by atoms with E-state index in [1.807, 2.05) is 50.4 Å². The minimum Gasteiger partial charge on any atom is -0.307 e. The molecule has 0 N–H and O–H groups in total. The number of hydrogen-bond donors (Lipinski definition) is 0. The molecule has 0 aromatic heterocycles. The zero-order valence-corrected chi connectivity index (χ0v) is 9.94. The Bertz CT molecular complexity index is 308. The van der Waals surface area contributed by atoms with Gasteiger partial charge in [0.25, 0.3) is 0 Å². The van der Waals surface area contributed by atoms with Gasteiger partial charge in [0.05, 0.1) is 0 Å². The van der Waals surface area contributed by atoms with Crippen LogP contribution < -0.4 is 5.30 Å². The maximum Gasteiger partial charge on any atom is 0.169 e. The van der Waals surface area contributed by atoms with Crippen LogP contribution in [0, 0.1) is 0 Å². The lowest BCUT2D eigenvalue weighted by Gasteiger charge is -2.19. The largest absolute Gasteiger partial charge is 0.307 e. The maximum atomic E-state index is 12.4. The van der Waals surface area contributed by atoms with E-state index in [1.54, 1.807) is 0 Å². The molecule has 0 aliphatic heterocycles. The Kier molecular flexibility index (Phi) is 3.63. The van der Waals surface area contributed by atoms with E-state index in [-0.39, 0.29) is 5.66 Å². The van der Waals surface area contributed by atoms with Gasteiger partial charge in [0, 0.05) is 11.0 Å². The van der Waals surface area contributed by atoms with Gasteiger partial charge in [-0.1, -0.05) is 55.6 Å². The molecule has 0 saturated carbocycles. The first-order valence-electron chi connectivity index (χ1n) is 4.32. The molecule has 1 unspecified atom stereocenters. The van der Waals surface area contributed by atoms with Crippen LogP contribution in [0.2, 0.25) is 0 Å². The topological polar surface area (TPSA) is 17.1 Å². The average Bonchev–Trinajstić information content (AvgIpc) is 2.17. The summed E-state index contributed by atoms with van der Waals surface area (Å²) in [5.74, 6) is 0. The van der Waals surface area contributed by atoms with E-state index < -0.39 is 6.34 Å². The molecule has 0 radical (unpaired) electrons. The molecule has 1 nitrogen and oxygen atoms in total. The van der Waals surface area contributed by atoms with Crippen LogP contribution in [-0.4, -0.2) is 11.9 Å². The second kappa shape index (κ2) is 4.34. The Hall–Kier alpha value is -0.200. The van der Waals surface area contributed by atoms with Crippen LogP contribution in [0.1, 0.15) is 13.8 Å². The van der Waals surface area contributed by atoms with E-state index in [0.29, 0.717) is 0 Å². The first kappa shape index (κ1) is 10.9. The van der Waals surface area contributed by atoms with Crippen molar-refractivity contribution in [3.8, 4) is 0 Å². The Labute approximate surface area is 84.1 Å². The summed E-state index contributed by atoms with van der Waals surface area (Å²) in [5.41, 5.74) is 0.213.